The lowest BCUT2D eigenvalue weighted by Crippen LogP contribution is -2.43. The fourth-order valence-electron chi connectivity index (χ4n) is 5.11. The van der Waals surface area contributed by atoms with Gasteiger partial charge in [0.25, 0.3) is 11.5 Å². The summed E-state index contributed by atoms with van der Waals surface area (Å²) < 4.78 is 27.1. The summed E-state index contributed by atoms with van der Waals surface area (Å²) >= 11 is 7.57. The molecule has 4 aromatic rings. The smallest absolute Gasteiger partial charge is 0.271 e. The van der Waals surface area contributed by atoms with Crippen LogP contribution in [-0.2, 0) is 11.4 Å². The number of thiazole rings is 1. The number of aromatic nitrogens is 1. The molecule has 0 radical (unpaired) electrons. The molecular formula is C33H31ClFN3O4S. The average molecular weight is 620 g/mol. The van der Waals surface area contributed by atoms with Crippen molar-refractivity contribution in [1.82, 2.24) is 9.47 Å². The standard InChI is InChI=1S/C33H31ClFN3O4S/c1-5-37(6-2)32(40)29-20(3)36-33-38(30(29)25-9-7-8-10-27(25)41-4)31(39)28(43-33)18-22-17-23(34)13-16-26(22)42-19-21-11-14-24(35)15-12-21/h7-18,30H,5-6,19H2,1-4H3/b28-18+/t30-/m1/s1. The van der Waals surface area contributed by atoms with Gasteiger partial charge >= 0.3 is 0 Å². The fraction of sp³-hybridized carbons (Fsp3) is 0.242. The first kappa shape index (κ1) is 30.3. The van der Waals surface area contributed by atoms with E-state index in [1.807, 2.05) is 38.1 Å². The van der Waals surface area contributed by atoms with Gasteiger partial charge in [-0.3, -0.25) is 14.2 Å². The number of fused-ring (bicyclic) bond motifs is 1. The monoisotopic (exact) mass is 619 g/mol. The summed E-state index contributed by atoms with van der Waals surface area (Å²) in [6.45, 7) is 6.88. The number of carbonyl (C=O) groups excluding carboxylic acids is 1. The second kappa shape index (κ2) is 13.0. The van der Waals surface area contributed by atoms with Gasteiger partial charge in [0.15, 0.2) is 4.80 Å². The van der Waals surface area contributed by atoms with Gasteiger partial charge in [-0.15, -0.1) is 0 Å². The molecule has 0 saturated heterocycles. The molecule has 0 spiro atoms. The average Bonchev–Trinajstić information content (AvgIpc) is 3.31. The first-order valence-electron chi connectivity index (χ1n) is 13.9. The Balaban J connectivity index is 1.65. The van der Waals surface area contributed by atoms with Crippen molar-refractivity contribution in [2.45, 2.75) is 33.4 Å². The molecule has 43 heavy (non-hydrogen) atoms. The van der Waals surface area contributed by atoms with E-state index < -0.39 is 6.04 Å². The highest BCUT2D eigenvalue weighted by molar-refractivity contribution is 7.07. The van der Waals surface area contributed by atoms with E-state index in [4.69, 9.17) is 26.1 Å². The number of hydrogen-bond donors (Lipinski definition) is 0. The molecular weight excluding hydrogens is 589 g/mol. The number of carbonyl (C=O) groups is 1. The number of rotatable bonds is 9. The Labute approximate surface area is 257 Å². The topological polar surface area (TPSA) is 73.1 Å². The van der Waals surface area contributed by atoms with Crippen LogP contribution in [-0.4, -0.2) is 35.6 Å². The van der Waals surface area contributed by atoms with Crippen molar-refractivity contribution in [3.05, 3.63) is 125 Å². The Morgan fingerprint density at radius 2 is 1.81 bits per heavy atom. The third-order valence-electron chi connectivity index (χ3n) is 7.30. The van der Waals surface area contributed by atoms with Gasteiger partial charge in [0.1, 0.15) is 30.0 Å². The van der Waals surface area contributed by atoms with Gasteiger partial charge in [0.05, 0.1) is 22.9 Å². The molecule has 1 aliphatic rings. The number of halogens is 2. The Morgan fingerprint density at radius 1 is 1.09 bits per heavy atom. The van der Waals surface area contributed by atoms with E-state index >= 15 is 0 Å². The molecule has 3 aromatic carbocycles. The van der Waals surface area contributed by atoms with Crippen LogP contribution < -0.4 is 24.4 Å². The summed E-state index contributed by atoms with van der Waals surface area (Å²) in [6.07, 6.45) is 1.72. The van der Waals surface area contributed by atoms with E-state index in [-0.39, 0.29) is 23.9 Å². The molecule has 0 saturated carbocycles. The lowest BCUT2D eigenvalue weighted by atomic mass is 9.94. The van der Waals surface area contributed by atoms with Crippen molar-refractivity contribution in [3.8, 4) is 11.5 Å². The summed E-state index contributed by atoms with van der Waals surface area (Å²) in [5.41, 5.74) is 2.75. The molecule has 1 aliphatic heterocycles. The van der Waals surface area contributed by atoms with Gasteiger partial charge in [-0.1, -0.05) is 53.3 Å². The molecule has 0 unspecified atom stereocenters. The molecule has 0 N–H and O–H groups in total. The van der Waals surface area contributed by atoms with Gasteiger partial charge in [0, 0.05) is 29.2 Å². The highest BCUT2D eigenvalue weighted by atomic mass is 35.5. The quantitative estimate of drug-likeness (QED) is 0.249. The fourth-order valence-corrected chi connectivity index (χ4v) is 6.33. The van der Waals surface area contributed by atoms with Crippen LogP contribution in [0.3, 0.4) is 0 Å². The maximum absolute atomic E-state index is 14.2. The molecule has 2 heterocycles. The number of hydrogen-bond acceptors (Lipinski definition) is 6. The third kappa shape index (κ3) is 6.14. The molecule has 10 heteroatoms. The molecule has 1 amide bonds. The summed E-state index contributed by atoms with van der Waals surface area (Å²) in [5.74, 6) is 0.569. The normalized spacial score (nSPS) is 14.7. The van der Waals surface area contributed by atoms with E-state index in [1.54, 1.807) is 59.9 Å². The van der Waals surface area contributed by atoms with Gasteiger partial charge in [-0.2, -0.15) is 0 Å². The van der Waals surface area contributed by atoms with Crippen molar-refractivity contribution in [2.24, 2.45) is 4.99 Å². The van der Waals surface area contributed by atoms with Gasteiger partial charge in [-0.05, 0) is 68.8 Å². The van der Waals surface area contributed by atoms with Crippen molar-refractivity contribution in [3.63, 3.8) is 0 Å². The first-order valence-corrected chi connectivity index (χ1v) is 15.1. The number of methoxy groups -OCH3 is 1. The number of amides is 1. The molecule has 5 rings (SSSR count). The van der Waals surface area contributed by atoms with Crippen LogP contribution in [0.1, 0.15) is 43.5 Å². The first-order chi connectivity index (χ1) is 20.7. The highest BCUT2D eigenvalue weighted by Gasteiger charge is 2.35. The Morgan fingerprint density at radius 3 is 2.51 bits per heavy atom. The van der Waals surface area contributed by atoms with Crippen LogP contribution in [0.2, 0.25) is 5.02 Å². The lowest BCUT2D eigenvalue weighted by molar-refractivity contribution is -0.127. The Bertz CT molecular complexity index is 1880. The number of likely N-dealkylation sites (N-methyl/N-ethyl adjacent to an activating group) is 1. The molecule has 0 aliphatic carbocycles. The van der Waals surface area contributed by atoms with Crippen LogP contribution in [0.5, 0.6) is 11.5 Å². The van der Waals surface area contributed by atoms with Gasteiger partial charge in [0.2, 0.25) is 0 Å². The zero-order chi connectivity index (χ0) is 30.7. The van der Waals surface area contributed by atoms with Crippen molar-refractivity contribution >= 4 is 34.9 Å². The van der Waals surface area contributed by atoms with Crippen LogP contribution >= 0.6 is 22.9 Å². The molecule has 0 bridgehead atoms. The summed E-state index contributed by atoms with van der Waals surface area (Å²) in [5, 5.41) is 0.475. The maximum atomic E-state index is 14.2. The van der Waals surface area contributed by atoms with Crippen LogP contribution in [0.25, 0.3) is 6.08 Å². The number of para-hydroxylation sites is 1. The molecule has 1 atom stereocenters. The number of benzene rings is 3. The molecule has 222 valence electrons. The zero-order valence-corrected chi connectivity index (χ0v) is 25.8. The molecule has 7 nitrogen and oxygen atoms in total. The predicted octanol–water partition coefficient (Wildman–Crippen LogP) is 5.48. The number of ether oxygens (including phenoxy) is 2. The predicted molar refractivity (Wildman–Crippen MR) is 167 cm³/mol. The Kier molecular flexibility index (Phi) is 9.13. The minimum atomic E-state index is -0.740. The largest absolute Gasteiger partial charge is 0.496 e. The minimum absolute atomic E-state index is 0.178. The van der Waals surface area contributed by atoms with E-state index in [1.165, 1.54) is 23.5 Å². The minimum Gasteiger partial charge on any atom is -0.496 e. The molecule has 1 aromatic heterocycles. The van der Waals surface area contributed by atoms with Gasteiger partial charge < -0.3 is 14.4 Å². The van der Waals surface area contributed by atoms with Crippen molar-refractivity contribution < 1.29 is 18.7 Å². The summed E-state index contributed by atoms with van der Waals surface area (Å²) in [7, 11) is 1.57. The van der Waals surface area contributed by atoms with E-state index in [9.17, 15) is 14.0 Å². The van der Waals surface area contributed by atoms with Crippen molar-refractivity contribution in [2.75, 3.05) is 20.2 Å². The van der Waals surface area contributed by atoms with Crippen LogP contribution in [0.15, 0.2) is 87.8 Å². The van der Waals surface area contributed by atoms with E-state index in [0.29, 0.717) is 61.3 Å². The van der Waals surface area contributed by atoms with E-state index in [2.05, 4.69) is 0 Å². The van der Waals surface area contributed by atoms with Crippen LogP contribution in [0, 0.1) is 5.82 Å². The number of allylic oxidation sites excluding steroid dienone is 1. The summed E-state index contributed by atoms with van der Waals surface area (Å²) in [6, 6.07) is 17.9. The van der Waals surface area contributed by atoms with Crippen molar-refractivity contribution in [1.29, 1.82) is 0 Å². The number of nitrogens with zero attached hydrogens (tertiary/aromatic N) is 3. The summed E-state index contributed by atoms with van der Waals surface area (Å²) in [4.78, 5) is 35.0. The van der Waals surface area contributed by atoms with Gasteiger partial charge in [-0.25, -0.2) is 9.38 Å². The third-order valence-corrected chi connectivity index (χ3v) is 8.52. The second-order valence-electron chi connectivity index (χ2n) is 9.90. The van der Waals surface area contributed by atoms with E-state index in [0.717, 1.165) is 5.56 Å². The maximum Gasteiger partial charge on any atom is 0.271 e. The Hall–Kier alpha value is -4.21. The zero-order valence-electron chi connectivity index (χ0n) is 24.3. The second-order valence-corrected chi connectivity index (χ2v) is 11.3. The lowest BCUT2D eigenvalue weighted by Gasteiger charge is -2.29. The SMILES string of the molecule is CCN(CC)C(=O)C1=C(C)N=c2s/c(=C/c3cc(Cl)ccc3OCc3ccc(F)cc3)c(=O)n2[C@@H]1c1ccccc1OC. The van der Waals surface area contributed by atoms with Crippen LogP contribution in [0.4, 0.5) is 4.39 Å². The molecule has 0 fully saturated rings. The highest BCUT2D eigenvalue weighted by Crippen LogP contribution is 2.36.